The van der Waals surface area contributed by atoms with Gasteiger partial charge in [0, 0.05) is 64.5 Å². The zero-order valence-electron chi connectivity index (χ0n) is 34.0. The Kier molecular flexibility index (Phi) is 15.0. The fourth-order valence-corrected chi connectivity index (χ4v) is 8.59. The number of piperazine rings is 2. The molecule has 0 unspecified atom stereocenters. The molecule has 0 amide bonds. The second-order valence-corrected chi connectivity index (χ2v) is 15.8. The third-order valence-electron chi connectivity index (χ3n) is 10.9. The van der Waals surface area contributed by atoms with Crippen LogP contribution in [0.2, 0.25) is 10.0 Å². The summed E-state index contributed by atoms with van der Waals surface area (Å²) in [6.07, 6.45) is 0. The molecule has 10 heteroatoms. The molecule has 60 heavy (non-hydrogen) atoms. The van der Waals surface area contributed by atoms with Crippen molar-refractivity contribution >= 4 is 40.5 Å². The Morgan fingerprint density at radius 2 is 1.05 bits per heavy atom. The molecule has 0 aromatic heterocycles. The van der Waals surface area contributed by atoms with Crippen LogP contribution in [0.5, 0.6) is 11.5 Å². The van der Waals surface area contributed by atoms with Gasteiger partial charge in [0.2, 0.25) is 0 Å². The van der Waals surface area contributed by atoms with Crippen LogP contribution in [0.1, 0.15) is 41.3 Å². The van der Waals surface area contributed by atoms with E-state index in [4.69, 9.17) is 32.7 Å². The molecule has 0 bridgehead atoms. The zero-order chi connectivity index (χ0) is 41.7. The van der Waals surface area contributed by atoms with Gasteiger partial charge < -0.3 is 24.4 Å². The van der Waals surface area contributed by atoms with Crippen molar-refractivity contribution in [2.75, 3.05) is 62.3 Å². The number of rotatable bonds is 12. The molecular weight excluding hydrogens is 791 g/mol. The molecule has 8 nitrogen and oxygen atoms in total. The van der Waals surface area contributed by atoms with Crippen molar-refractivity contribution in [1.29, 1.82) is 0 Å². The fraction of sp³-hybridized carbons (Fsp3) is 0.260. The number of ether oxygens (including phenoxy) is 2. The van der Waals surface area contributed by atoms with Gasteiger partial charge in [0.1, 0.15) is 11.5 Å². The first kappa shape index (κ1) is 42.6. The number of phenolic OH excluding ortho intramolecular Hbond substituents is 1. The molecule has 6 aromatic carbocycles. The lowest BCUT2D eigenvalue weighted by atomic mass is 10.0. The Hall–Kier alpha value is -5.51. The highest BCUT2D eigenvalue weighted by molar-refractivity contribution is 6.33. The van der Waals surface area contributed by atoms with E-state index in [1.807, 2.05) is 30.3 Å². The number of carbonyl (C=O) groups excluding carboxylic acids is 1. The summed E-state index contributed by atoms with van der Waals surface area (Å²) in [4.78, 5) is 21.3. The van der Waals surface area contributed by atoms with Crippen molar-refractivity contribution in [3.05, 3.63) is 190 Å². The van der Waals surface area contributed by atoms with Gasteiger partial charge in [-0.25, -0.2) is 4.79 Å². The van der Waals surface area contributed by atoms with Crippen LogP contribution in [0, 0.1) is 0 Å². The number of carbonyl (C=O) groups is 1. The van der Waals surface area contributed by atoms with Gasteiger partial charge >= 0.3 is 5.97 Å². The maximum Gasteiger partial charge on any atom is 0.344 e. The van der Waals surface area contributed by atoms with Gasteiger partial charge in [0.05, 0.1) is 40.1 Å². The van der Waals surface area contributed by atoms with Crippen LogP contribution in [0.4, 0.5) is 11.4 Å². The summed E-state index contributed by atoms with van der Waals surface area (Å²) in [5.74, 6) is 0.356. The Morgan fingerprint density at radius 1 is 0.600 bits per heavy atom. The SMILES string of the molecule is CCOC(=O)COc1ccc(N2CCN(Cc3ccccc3)C[C@H]2c2ccccc2)c(Cl)c1.Oc1ccc(N2CCN(Cc3ccccc3)C[C@H]2c2ccccc2)c(Cl)c1. The Balaban J connectivity index is 0.000000185. The first-order valence-corrected chi connectivity index (χ1v) is 21.3. The van der Waals surface area contributed by atoms with Crippen LogP contribution < -0.4 is 14.5 Å². The number of phenols is 1. The fourth-order valence-electron chi connectivity index (χ4n) is 8.03. The molecule has 8 rings (SSSR count). The number of benzene rings is 6. The molecule has 0 spiro atoms. The summed E-state index contributed by atoms with van der Waals surface area (Å²) in [5, 5.41) is 10.9. The van der Waals surface area contributed by atoms with Crippen molar-refractivity contribution in [3.63, 3.8) is 0 Å². The standard InChI is InChI=1S/C27H29ClN2O3.C23H23ClN2O/c1-2-32-27(31)20-33-23-13-14-25(24(28)17-23)30-16-15-29(18-21-9-5-3-6-10-21)19-26(30)22-11-7-4-8-12-22;24-21-15-20(27)11-12-22(21)26-14-13-25(16-18-7-3-1-4-8-18)17-23(26)19-9-5-2-6-10-19/h3-14,17,26H,2,15-16,18-20H2,1H3;1-12,15,23,27H,13-14,16-17H2/t26-;23-/m00/s1. The first-order valence-electron chi connectivity index (χ1n) is 20.6. The van der Waals surface area contributed by atoms with Crippen LogP contribution in [0.15, 0.2) is 158 Å². The molecule has 0 saturated carbocycles. The van der Waals surface area contributed by atoms with Crippen LogP contribution in [-0.4, -0.2) is 73.4 Å². The normalized spacial score (nSPS) is 17.1. The average Bonchev–Trinajstić information content (AvgIpc) is 3.28. The second-order valence-electron chi connectivity index (χ2n) is 15.0. The third-order valence-corrected chi connectivity index (χ3v) is 11.5. The molecule has 6 aromatic rings. The predicted octanol–water partition coefficient (Wildman–Crippen LogP) is 10.5. The van der Waals surface area contributed by atoms with Gasteiger partial charge in [0.25, 0.3) is 0 Å². The van der Waals surface area contributed by atoms with Crippen molar-refractivity contribution in [3.8, 4) is 11.5 Å². The van der Waals surface area contributed by atoms with Gasteiger partial charge in [-0.2, -0.15) is 0 Å². The van der Waals surface area contributed by atoms with Crippen molar-refractivity contribution in [2.24, 2.45) is 0 Å². The molecule has 2 aliphatic rings. The smallest absolute Gasteiger partial charge is 0.344 e. The van der Waals surface area contributed by atoms with E-state index in [0.29, 0.717) is 22.4 Å². The number of nitrogens with zero attached hydrogens (tertiary/aromatic N) is 4. The van der Waals surface area contributed by atoms with Crippen LogP contribution >= 0.6 is 23.2 Å². The summed E-state index contributed by atoms with van der Waals surface area (Å²) >= 11 is 13.2. The molecule has 0 aliphatic carbocycles. The van der Waals surface area contributed by atoms with Crippen molar-refractivity contribution in [1.82, 2.24) is 9.80 Å². The summed E-state index contributed by atoms with van der Waals surface area (Å²) in [6, 6.07) is 53.6. The highest BCUT2D eigenvalue weighted by Gasteiger charge is 2.31. The Bertz CT molecular complexity index is 2250. The maximum absolute atomic E-state index is 11.6. The van der Waals surface area contributed by atoms with E-state index in [0.717, 1.165) is 63.7 Å². The van der Waals surface area contributed by atoms with Crippen molar-refractivity contribution in [2.45, 2.75) is 32.1 Å². The van der Waals surface area contributed by atoms with Crippen LogP contribution in [-0.2, 0) is 22.6 Å². The molecule has 1 N–H and O–H groups in total. The molecule has 0 radical (unpaired) electrons. The minimum absolute atomic E-state index is 0.131. The second kappa shape index (κ2) is 21.1. The van der Waals surface area contributed by atoms with Gasteiger partial charge in [-0.3, -0.25) is 9.80 Å². The predicted molar refractivity (Wildman–Crippen MR) is 243 cm³/mol. The molecule has 2 heterocycles. The highest BCUT2D eigenvalue weighted by Crippen LogP contribution is 2.39. The minimum atomic E-state index is -0.392. The number of hydrogen-bond acceptors (Lipinski definition) is 8. The van der Waals surface area contributed by atoms with E-state index in [1.165, 1.54) is 22.3 Å². The lowest BCUT2D eigenvalue weighted by molar-refractivity contribution is -0.145. The maximum atomic E-state index is 11.6. The van der Waals surface area contributed by atoms with Gasteiger partial charge in [-0.05, 0) is 53.4 Å². The Labute approximate surface area is 364 Å². The first-order chi connectivity index (χ1) is 29.3. The summed E-state index contributed by atoms with van der Waals surface area (Å²) in [6.45, 7) is 9.32. The number of anilines is 2. The monoisotopic (exact) mass is 842 g/mol. The lowest BCUT2D eigenvalue weighted by Crippen LogP contribution is -2.48. The van der Waals surface area contributed by atoms with Gasteiger partial charge in [-0.1, -0.05) is 145 Å². The number of aromatic hydroxyl groups is 1. The summed E-state index contributed by atoms with van der Waals surface area (Å²) < 4.78 is 10.5. The highest BCUT2D eigenvalue weighted by atomic mass is 35.5. The summed E-state index contributed by atoms with van der Waals surface area (Å²) in [7, 11) is 0. The molecule has 2 atom stereocenters. The Morgan fingerprint density at radius 3 is 1.50 bits per heavy atom. The van der Waals surface area contributed by atoms with E-state index >= 15 is 0 Å². The molecule has 2 aliphatic heterocycles. The van der Waals surface area contributed by atoms with Crippen molar-refractivity contribution < 1.29 is 19.4 Å². The van der Waals surface area contributed by atoms with Gasteiger partial charge in [0.15, 0.2) is 6.61 Å². The molecular formula is C50H52Cl2N4O4. The molecule has 310 valence electrons. The van der Waals surface area contributed by atoms with E-state index in [-0.39, 0.29) is 24.4 Å². The molecule has 2 fully saturated rings. The number of halogens is 2. The minimum Gasteiger partial charge on any atom is -0.508 e. The van der Waals surface area contributed by atoms with Gasteiger partial charge in [-0.15, -0.1) is 0 Å². The van der Waals surface area contributed by atoms with Crippen LogP contribution in [0.3, 0.4) is 0 Å². The number of hydrogen-bond donors (Lipinski definition) is 1. The summed E-state index contributed by atoms with van der Waals surface area (Å²) in [5.41, 5.74) is 7.13. The van der Waals surface area contributed by atoms with Crippen LogP contribution in [0.25, 0.3) is 0 Å². The number of esters is 1. The molecule has 2 saturated heterocycles. The average molecular weight is 844 g/mol. The zero-order valence-corrected chi connectivity index (χ0v) is 35.5. The van der Waals surface area contributed by atoms with E-state index < -0.39 is 5.97 Å². The van der Waals surface area contributed by atoms with E-state index in [1.54, 1.807) is 25.1 Å². The third kappa shape index (κ3) is 11.4. The quantitative estimate of drug-likeness (QED) is 0.122. The lowest BCUT2D eigenvalue weighted by Gasteiger charge is -2.43. The van der Waals surface area contributed by atoms with E-state index in [2.05, 4.69) is 129 Å². The van der Waals surface area contributed by atoms with E-state index in [9.17, 15) is 9.90 Å². The largest absolute Gasteiger partial charge is 0.508 e. The topological polar surface area (TPSA) is 68.7 Å².